The highest BCUT2D eigenvalue weighted by molar-refractivity contribution is 4.86. The van der Waals surface area contributed by atoms with Gasteiger partial charge in [0.15, 0.2) is 5.82 Å². The molecule has 0 spiro atoms. The molecule has 0 aliphatic carbocycles. The van der Waals surface area contributed by atoms with Crippen molar-refractivity contribution in [2.75, 3.05) is 20.3 Å². The molecule has 0 radical (unpaired) electrons. The smallest absolute Gasteiger partial charge is 0.383 e. The molecule has 5 nitrogen and oxygen atoms in total. The Morgan fingerprint density at radius 3 is 2.82 bits per heavy atom. The predicted octanol–water partition coefficient (Wildman–Crippen LogP) is 1.30. The van der Waals surface area contributed by atoms with Crippen molar-refractivity contribution in [1.82, 2.24) is 15.5 Å². The largest absolute Gasteiger partial charge is 0.389 e. The molecule has 1 N–H and O–H groups in total. The lowest BCUT2D eigenvalue weighted by Crippen LogP contribution is -2.18. The molecule has 0 amide bonds. The number of halogens is 3. The summed E-state index contributed by atoms with van der Waals surface area (Å²) in [6.45, 7) is 1.47. The maximum absolute atomic E-state index is 11.9. The standard InChI is InChI=1S/C9H14F3N3O2/c1-16-5-4-13-6-8-14-7(15-17-8)2-3-9(10,11)12/h13H,2-6H2,1H3. The molecule has 0 bridgehead atoms. The van der Waals surface area contributed by atoms with Crippen LogP contribution in [0, 0.1) is 0 Å². The molecule has 0 saturated carbocycles. The first kappa shape index (κ1) is 13.9. The van der Waals surface area contributed by atoms with Crippen LogP contribution in [0.2, 0.25) is 0 Å². The molecule has 0 atom stereocenters. The van der Waals surface area contributed by atoms with E-state index in [4.69, 9.17) is 9.26 Å². The molecule has 0 fully saturated rings. The number of hydrogen-bond acceptors (Lipinski definition) is 5. The van der Waals surface area contributed by atoms with E-state index < -0.39 is 12.6 Å². The molecule has 8 heteroatoms. The minimum atomic E-state index is -4.20. The predicted molar refractivity (Wildman–Crippen MR) is 52.3 cm³/mol. The number of hydrogen-bond donors (Lipinski definition) is 1. The summed E-state index contributed by atoms with van der Waals surface area (Å²) >= 11 is 0. The number of ether oxygens (including phenoxy) is 1. The first-order valence-corrected chi connectivity index (χ1v) is 5.09. The molecule has 0 aromatic carbocycles. The van der Waals surface area contributed by atoms with Crippen LogP contribution in [0.3, 0.4) is 0 Å². The van der Waals surface area contributed by atoms with Gasteiger partial charge in [0.25, 0.3) is 0 Å². The van der Waals surface area contributed by atoms with Gasteiger partial charge in [0.2, 0.25) is 5.89 Å². The Morgan fingerprint density at radius 1 is 1.41 bits per heavy atom. The average molecular weight is 253 g/mol. The lowest BCUT2D eigenvalue weighted by Gasteiger charge is -2.01. The van der Waals surface area contributed by atoms with E-state index in [2.05, 4.69) is 15.5 Å². The van der Waals surface area contributed by atoms with Gasteiger partial charge < -0.3 is 14.6 Å². The maximum atomic E-state index is 11.9. The normalized spacial score (nSPS) is 12.0. The third kappa shape index (κ3) is 6.22. The van der Waals surface area contributed by atoms with Gasteiger partial charge in [-0.2, -0.15) is 18.2 Å². The van der Waals surface area contributed by atoms with E-state index in [-0.39, 0.29) is 18.1 Å². The van der Waals surface area contributed by atoms with Gasteiger partial charge in [-0.15, -0.1) is 0 Å². The molecule has 1 heterocycles. The second kappa shape index (κ2) is 6.55. The third-order valence-corrected chi connectivity index (χ3v) is 1.90. The molecule has 0 aliphatic heterocycles. The summed E-state index contributed by atoms with van der Waals surface area (Å²) in [5.74, 6) is 0.351. The van der Waals surface area contributed by atoms with Crippen molar-refractivity contribution in [1.29, 1.82) is 0 Å². The van der Waals surface area contributed by atoms with Crippen LogP contribution in [0.5, 0.6) is 0 Å². The summed E-state index contributed by atoms with van der Waals surface area (Å²) in [6, 6.07) is 0. The van der Waals surface area contributed by atoms with E-state index in [1.165, 1.54) is 0 Å². The van der Waals surface area contributed by atoms with Crippen LogP contribution in [-0.2, 0) is 17.7 Å². The molecule has 17 heavy (non-hydrogen) atoms. The van der Waals surface area contributed by atoms with Crippen molar-refractivity contribution in [3.8, 4) is 0 Å². The summed E-state index contributed by atoms with van der Waals surface area (Å²) in [4.78, 5) is 3.83. The van der Waals surface area contributed by atoms with Gasteiger partial charge in [0.1, 0.15) is 0 Å². The van der Waals surface area contributed by atoms with Crippen molar-refractivity contribution in [2.24, 2.45) is 0 Å². The van der Waals surface area contributed by atoms with Gasteiger partial charge in [-0.05, 0) is 0 Å². The quantitative estimate of drug-likeness (QED) is 0.742. The van der Waals surface area contributed by atoms with Crippen molar-refractivity contribution >= 4 is 0 Å². The van der Waals surface area contributed by atoms with E-state index in [9.17, 15) is 13.2 Å². The fourth-order valence-corrected chi connectivity index (χ4v) is 1.09. The minimum Gasteiger partial charge on any atom is -0.383 e. The fourth-order valence-electron chi connectivity index (χ4n) is 1.09. The topological polar surface area (TPSA) is 60.2 Å². The lowest BCUT2D eigenvalue weighted by atomic mass is 10.3. The number of nitrogens with zero attached hydrogens (tertiary/aromatic N) is 2. The highest BCUT2D eigenvalue weighted by Gasteiger charge is 2.27. The Bertz CT molecular complexity index is 328. The maximum Gasteiger partial charge on any atom is 0.389 e. The van der Waals surface area contributed by atoms with Gasteiger partial charge in [-0.3, -0.25) is 0 Å². The Kier molecular flexibility index (Phi) is 5.36. The van der Waals surface area contributed by atoms with Crippen molar-refractivity contribution < 1.29 is 22.4 Å². The van der Waals surface area contributed by atoms with E-state index in [0.717, 1.165) is 0 Å². The number of alkyl halides is 3. The Hall–Kier alpha value is -1.15. The van der Waals surface area contributed by atoms with Gasteiger partial charge in [0, 0.05) is 20.1 Å². The Labute approximate surface area is 96.3 Å². The van der Waals surface area contributed by atoms with E-state index in [0.29, 0.717) is 19.7 Å². The number of rotatable bonds is 7. The van der Waals surface area contributed by atoms with Gasteiger partial charge in [0.05, 0.1) is 19.6 Å². The van der Waals surface area contributed by atoms with Crippen molar-refractivity contribution in [3.05, 3.63) is 11.7 Å². The summed E-state index contributed by atoms with van der Waals surface area (Å²) in [5.41, 5.74) is 0. The number of aromatic nitrogens is 2. The zero-order valence-corrected chi connectivity index (χ0v) is 9.38. The molecule has 1 rings (SSSR count). The summed E-state index contributed by atoms with van der Waals surface area (Å²) < 4.78 is 45.4. The van der Waals surface area contributed by atoms with E-state index in [1.807, 2.05) is 0 Å². The van der Waals surface area contributed by atoms with Crippen LogP contribution >= 0.6 is 0 Å². The Morgan fingerprint density at radius 2 is 2.18 bits per heavy atom. The van der Waals surface area contributed by atoms with Crippen LogP contribution in [-0.4, -0.2) is 36.6 Å². The van der Waals surface area contributed by atoms with Crippen LogP contribution in [0.1, 0.15) is 18.1 Å². The number of nitrogens with one attached hydrogen (secondary N) is 1. The highest BCUT2D eigenvalue weighted by atomic mass is 19.4. The summed E-state index contributed by atoms with van der Waals surface area (Å²) in [7, 11) is 1.57. The minimum absolute atomic E-state index is 0.0749. The van der Waals surface area contributed by atoms with Crippen LogP contribution in [0.15, 0.2) is 4.52 Å². The third-order valence-electron chi connectivity index (χ3n) is 1.90. The number of aryl methyl sites for hydroxylation is 1. The van der Waals surface area contributed by atoms with Crippen LogP contribution in [0.25, 0.3) is 0 Å². The number of methoxy groups -OCH3 is 1. The lowest BCUT2D eigenvalue weighted by molar-refractivity contribution is -0.134. The average Bonchev–Trinajstić information content (AvgIpc) is 2.69. The van der Waals surface area contributed by atoms with Crippen molar-refractivity contribution in [2.45, 2.75) is 25.6 Å². The molecule has 0 aliphatic rings. The molecular weight excluding hydrogens is 239 g/mol. The van der Waals surface area contributed by atoms with E-state index >= 15 is 0 Å². The first-order chi connectivity index (χ1) is 8.01. The highest BCUT2D eigenvalue weighted by Crippen LogP contribution is 2.21. The molecule has 0 saturated heterocycles. The monoisotopic (exact) mass is 253 g/mol. The van der Waals surface area contributed by atoms with Crippen LogP contribution < -0.4 is 5.32 Å². The zero-order chi connectivity index (χ0) is 12.7. The van der Waals surface area contributed by atoms with E-state index in [1.54, 1.807) is 7.11 Å². The molecular formula is C9H14F3N3O2. The molecule has 98 valence electrons. The molecule has 1 aromatic heterocycles. The Balaban J connectivity index is 2.28. The summed E-state index contributed by atoms with van der Waals surface area (Å²) in [6.07, 6.45) is -5.40. The first-order valence-electron chi connectivity index (χ1n) is 5.09. The van der Waals surface area contributed by atoms with Crippen LogP contribution in [0.4, 0.5) is 13.2 Å². The molecule has 1 aromatic rings. The van der Waals surface area contributed by atoms with Gasteiger partial charge in [-0.25, -0.2) is 0 Å². The fraction of sp³-hybridized carbons (Fsp3) is 0.778. The second-order valence-corrected chi connectivity index (χ2v) is 3.39. The zero-order valence-electron chi connectivity index (χ0n) is 9.38. The second-order valence-electron chi connectivity index (χ2n) is 3.39. The van der Waals surface area contributed by atoms with Crippen molar-refractivity contribution in [3.63, 3.8) is 0 Å². The SMILES string of the molecule is COCCNCc1nc(CCC(F)(F)F)no1. The molecule has 0 unspecified atom stereocenters. The van der Waals surface area contributed by atoms with Gasteiger partial charge >= 0.3 is 6.18 Å². The summed E-state index contributed by atoms with van der Waals surface area (Å²) in [5, 5.41) is 6.41. The van der Waals surface area contributed by atoms with Gasteiger partial charge in [-0.1, -0.05) is 5.16 Å².